The van der Waals surface area contributed by atoms with Crippen LogP contribution in [0.3, 0.4) is 0 Å². The standard InChI is InChI=1S/C16H15Br2ClIN/c1-2-7-21-16(12-8-10(17)3-5-14(12)18)13-9-11(19)4-6-15(13)20/h3-6,8-9,16,21H,2,7H2,1H3. The summed E-state index contributed by atoms with van der Waals surface area (Å²) in [6.07, 6.45) is 1.08. The number of benzene rings is 2. The van der Waals surface area contributed by atoms with Crippen molar-refractivity contribution in [1.82, 2.24) is 5.32 Å². The van der Waals surface area contributed by atoms with Crippen molar-refractivity contribution in [2.24, 2.45) is 0 Å². The largest absolute Gasteiger partial charge is 0.306 e. The molecule has 1 N–H and O–H groups in total. The molecule has 0 aliphatic carbocycles. The molecule has 0 fully saturated rings. The minimum atomic E-state index is 0.113. The van der Waals surface area contributed by atoms with Crippen molar-refractivity contribution in [2.45, 2.75) is 19.4 Å². The SMILES string of the molecule is CCCNC(c1cc(Br)ccc1Br)c1cc(Cl)ccc1I. The lowest BCUT2D eigenvalue weighted by molar-refractivity contribution is 0.595. The molecule has 2 aromatic rings. The molecule has 0 aliphatic rings. The summed E-state index contributed by atoms with van der Waals surface area (Å²) in [5.74, 6) is 0. The maximum Gasteiger partial charge on any atom is 0.0599 e. The van der Waals surface area contributed by atoms with E-state index in [9.17, 15) is 0 Å². The molecule has 5 heteroatoms. The van der Waals surface area contributed by atoms with Crippen LogP contribution in [0.2, 0.25) is 5.02 Å². The van der Waals surface area contributed by atoms with E-state index < -0.39 is 0 Å². The Morgan fingerprint density at radius 1 is 1.14 bits per heavy atom. The Hall–Kier alpha value is 0.380. The molecule has 1 nitrogen and oxygen atoms in total. The highest BCUT2D eigenvalue weighted by Crippen LogP contribution is 2.34. The van der Waals surface area contributed by atoms with Crippen molar-refractivity contribution >= 4 is 66.1 Å². The highest BCUT2D eigenvalue weighted by atomic mass is 127. The van der Waals surface area contributed by atoms with Gasteiger partial charge in [0.15, 0.2) is 0 Å². The van der Waals surface area contributed by atoms with Gasteiger partial charge in [-0.3, -0.25) is 0 Å². The second kappa shape index (κ2) is 8.29. The summed E-state index contributed by atoms with van der Waals surface area (Å²) < 4.78 is 3.37. The monoisotopic (exact) mass is 541 g/mol. The fourth-order valence-corrected chi connectivity index (χ4v) is 3.83. The third-order valence-corrected chi connectivity index (χ3v) is 5.57. The lowest BCUT2D eigenvalue weighted by Crippen LogP contribution is -2.24. The second-order valence-electron chi connectivity index (χ2n) is 4.72. The van der Waals surface area contributed by atoms with Gasteiger partial charge in [0.05, 0.1) is 6.04 Å². The molecule has 0 aliphatic heterocycles. The van der Waals surface area contributed by atoms with Crippen LogP contribution in [0.1, 0.15) is 30.5 Å². The zero-order valence-electron chi connectivity index (χ0n) is 11.5. The van der Waals surface area contributed by atoms with Gasteiger partial charge in [-0.1, -0.05) is 50.4 Å². The third-order valence-electron chi connectivity index (χ3n) is 3.14. The highest BCUT2D eigenvalue weighted by molar-refractivity contribution is 14.1. The molecule has 0 radical (unpaired) electrons. The van der Waals surface area contributed by atoms with Crippen LogP contribution in [-0.2, 0) is 0 Å². The molecule has 2 rings (SSSR count). The number of hydrogen-bond donors (Lipinski definition) is 1. The summed E-state index contributed by atoms with van der Waals surface area (Å²) in [4.78, 5) is 0. The van der Waals surface area contributed by atoms with Crippen molar-refractivity contribution in [2.75, 3.05) is 6.54 Å². The molecule has 0 saturated heterocycles. The predicted octanol–water partition coefficient (Wildman–Crippen LogP) is 6.56. The second-order valence-corrected chi connectivity index (χ2v) is 8.09. The van der Waals surface area contributed by atoms with Gasteiger partial charge < -0.3 is 5.32 Å². The molecular formula is C16H15Br2ClIN. The predicted molar refractivity (Wildman–Crippen MR) is 106 cm³/mol. The van der Waals surface area contributed by atoms with Gasteiger partial charge in [-0.15, -0.1) is 0 Å². The smallest absolute Gasteiger partial charge is 0.0599 e. The number of hydrogen-bond acceptors (Lipinski definition) is 1. The van der Waals surface area contributed by atoms with E-state index in [0.29, 0.717) is 0 Å². The van der Waals surface area contributed by atoms with Gasteiger partial charge in [-0.2, -0.15) is 0 Å². The Bertz CT molecular complexity index is 582. The minimum Gasteiger partial charge on any atom is -0.306 e. The first kappa shape index (κ1) is 17.7. The lowest BCUT2D eigenvalue weighted by Gasteiger charge is -2.22. The molecule has 0 aromatic heterocycles. The van der Waals surface area contributed by atoms with Gasteiger partial charge in [0, 0.05) is 17.5 Å². The first-order valence-electron chi connectivity index (χ1n) is 6.66. The van der Waals surface area contributed by atoms with E-state index >= 15 is 0 Å². The van der Waals surface area contributed by atoms with Gasteiger partial charge in [0.2, 0.25) is 0 Å². The maximum absolute atomic E-state index is 6.20. The van der Waals surface area contributed by atoms with Crippen molar-refractivity contribution < 1.29 is 0 Å². The molecule has 21 heavy (non-hydrogen) atoms. The van der Waals surface area contributed by atoms with Gasteiger partial charge in [0.1, 0.15) is 0 Å². The Morgan fingerprint density at radius 2 is 1.90 bits per heavy atom. The first-order valence-corrected chi connectivity index (χ1v) is 9.70. The molecular weight excluding hydrogens is 528 g/mol. The van der Waals surface area contributed by atoms with Crippen LogP contribution < -0.4 is 5.32 Å². The molecule has 0 saturated carbocycles. The summed E-state index contributed by atoms with van der Waals surface area (Å²) in [6, 6.07) is 12.4. The Kier molecular flexibility index (Phi) is 7.00. The highest BCUT2D eigenvalue weighted by Gasteiger charge is 2.19. The van der Waals surface area contributed by atoms with Gasteiger partial charge >= 0.3 is 0 Å². The van der Waals surface area contributed by atoms with E-state index in [1.807, 2.05) is 18.2 Å². The molecule has 1 unspecified atom stereocenters. The van der Waals surface area contributed by atoms with Crippen molar-refractivity contribution in [3.8, 4) is 0 Å². The zero-order chi connectivity index (χ0) is 15.4. The normalized spacial score (nSPS) is 12.4. The molecule has 0 amide bonds. The number of halogens is 4. The van der Waals surface area contributed by atoms with Gasteiger partial charge in [-0.25, -0.2) is 0 Å². The molecule has 1 atom stereocenters. The molecule has 0 heterocycles. The summed E-state index contributed by atoms with van der Waals surface area (Å²) in [7, 11) is 0. The summed E-state index contributed by atoms with van der Waals surface area (Å²) >= 11 is 15.8. The van der Waals surface area contributed by atoms with Crippen LogP contribution in [0.25, 0.3) is 0 Å². The Labute approximate surface area is 161 Å². The molecule has 112 valence electrons. The Balaban J connectivity index is 2.52. The van der Waals surface area contributed by atoms with Gasteiger partial charge in [0.25, 0.3) is 0 Å². The summed E-state index contributed by atoms with van der Waals surface area (Å²) in [6.45, 7) is 3.12. The Morgan fingerprint density at radius 3 is 2.62 bits per heavy atom. The summed E-state index contributed by atoms with van der Waals surface area (Å²) in [5, 5.41) is 4.39. The van der Waals surface area contributed by atoms with Crippen molar-refractivity contribution in [1.29, 1.82) is 0 Å². The zero-order valence-corrected chi connectivity index (χ0v) is 17.6. The van der Waals surface area contributed by atoms with Crippen molar-refractivity contribution in [3.63, 3.8) is 0 Å². The molecule has 0 bridgehead atoms. The topological polar surface area (TPSA) is 12.0 Å². The molecule has 2 aromatic carbocycles. The van der Waals surface area contributed by atoms with Gasteiger partial charge in [-0.05, 0) is 83.1 Å². The minimum absolute atomic E-state index is 0.113. The van der Waals surface area contributed by atoms with Crippen LogP contribution in [0.4, 0.5) is 0 Å². The van der Waals surface area contributed by atoms with E-state index in [1.165, 1.54) is 14.7 Å². The fourth-order valence-electron chi connectivity index (χ4n) is 2.15. The average molecular weight is 543 g/mol. The van der Waals surface area contributed by atoms with Crippen LogP contribution >= 0.6 is 66.1 Å². The van der Waals surface area contributed by atoms with Crippen LogP contribution in [0, 0.1) is 3.57 Å². The van der Waals surface area contributed by atoms with E-state index in [2.05, 4.69) is 84.9 Å². The average Bonchev–Trinajstić information content (AvgIpc) is 2.46. The first-order chi connectivity index (χ1) is 10.0. The van der Waals surface area contributed by atoms with E-state index in [4.69, 9.17) is 11.6 Å². The lowest BCUT2D eigenvalue weighted by atomic mass is 9.98. The third kappa shape index (κ3) is 4.67. The van der Waals surface area contributed by atoms with E-state index in [1.54, 1.807) is 0 Å². The van der Waals surface area contributed by atoms with E-state index in [-0.39, 0.29) is 6.04 Å². The fraction of sp³-hybridized carbons (Fsp3) is 0.250. The van der Waals surface area contributed by atoms with Crippen LogP contribution in [-0.4, -0.2) is 6.54 Å². The maximum atomic E-state index is 6.20. The number of nitrogens with one attached hydrogen (secondary N) is 1. The summed E-state index contributed by atoms with van der Waals surface area (Å²) in [5.41, 5.74) is 2.41. The van der Waals surface area contributed by atoms with Crippen LogP contribution in [0.15, 0.2) is 45.3 Å². The number of rotatable bonds is 5. The van der Waals surface area contributed by atoms with E-state index in [0.717, 1.165) is 26.9 Å². The molecule has 0 spiro atoms. The van der Waals surface area contributed by atoms with Crippen LogP contribution in [0.5, 0.6) is 0 Å². The quantitative estimate of drug-likeness (QED) is 0.422. The van der Waals surface area contributed by atoms with Crippen molar-refractivity contribution in [3.05, 3.63) is 65.1 Å².